The van der Waals surface area contributed by atoms with E-state index in [1.807, 2.05) is 6.92 Å². The molecule has 9 heteroatoms. The van der Waals surface area contributed by atoms with Gasteiger partial charge in [0, 0.05) is 13.6 Å². The van der Waals surface area contributed by atoms with Crippen LogP contribution in [0.5, 0.6) is 0 Å². The molecule has 0 bridgehead atoms. The molecule has 0 saturated heterocycles. The number of carbonyl (C=O) groups excluding carboxylic acids is 2. The Balaban J connectivity index is 2.22. The fourth-order valence-electron chi connectivity index (χ4n) is 2.54. The number of anilines is 1. The van der Waals surface area contributed by atoms with Gasteiger partial charge in [-0.3, -0.25) is 18.7 Å². The Morgan fingerprint density at radius 3 is 2.44 bits per heavy atom. The fourth-order valence-corrected chi connectivity index (χ4v) is 2.54. The molecule has 27 heavy (non-hydrogen) atoms. The Labute approximate surface area is 154 Å². The predicted octanol–water partition coefficient (Wildman–Crippen LogP) is -0.00130. The highest BCUT2D eigenvalue weighted by Crippen LogP contribution is 2.14. The molecule has 0 fully saturated rings. The average Bonchev–Trinajstić information content (AvgIpc) is 2.68. The Morgan fingerprint density at radius 1 is 1.22 bits per heavy atom. The molecule has 0 aliphatic rings. The van der Waals surface area contributed by atoms with Gasteiger partial charge in [-0.25, -0.2) is 9.59 Å². The van der Waals surface area contributed by atoms with Crippen molar-refractivity contribution in [1.82, 2.24) is 9.13 Å². The number of nitrogens with zero attached hydrogens (tertiary/aromatic N) is 2. The van der Waals surface area contributed by atoms with Crippen molar-refractivity contribution >= 4 is 17.6 Å². The van der Waals surface area contributed by atoms with Crippen LogP contribution in [0.25, 0.3) is 0 Å². The molecule has 0 unspecified atom stereocenters. The van der Waals surface area contributed by atoms with Gasteiger partial charge in [0.15, 0.2) is 12.7 Å². The number of nitrogens with two attached hydrogens (primary N) is 1. The lowest BCUT2D eigenvalue weighted by atomic mass is 10.1. The minimum atomic E-state index is -1.56. The molecule has 2 aromatic rings. The number of ketones is 1. The Bertz CT molecular complexity index is 962. The quantitative estimate of drug-likeness (QED) is 0.514. The third-order valence-electron chi connectivity index (χ3n) is 3.99. The summed E-state index contributed by atoms with van der Waals surface area (Å²) in [5.74, 6) is -2.16. The molecule has 0 aliphatic heterocycles. The molecule has 1 atom stereocenters. The lowest BCUT2D eigenvalue weighted by Gasteiger charge is -2.14. The van der Waals surface area contributed by atoms with Crippen molar-refractivity contribution in [1.29, 1.82) is 0 Å². The SMILES string of the molecule is CCCn1c(N)c(C(=O)COC(=O)[C@@H](O)c2ccccc2)c(=O)n(C)c1=O. The van der Waals surface area contributed by atoms with Gasteiger partial charge in [0.25, 0.3) is 5.56 Å². The maximum atomic E-state index is 12.4. The third kappa shape index (κ3) is 4.14. The molecule has 3 N–H and O–H groups in total. The van der Waals surface area contributed by atoms with Crippen LogP contribution in [-0.2, 0) is 23.1 Å². The van der Waals surface area contributed by atoms with E-state index >= 15 is 0 Å². The number of ether oxygens (including phenoxy) is 1. The summed E-state index contributed by atoms with van der Waals surface area (Å²) >= 11 is 0. The van der Waals surface area contributed by atoms with Crippen molar-refractivity contribution in [2.24, 2.45) is 7.05 Å². The Kier molecular flexibility index (Phi) is 6.30. The molecular weight excluding hydrogens is 354 g/mol. The second-order valence-electron chi connectivity index (χ2n) is 5.90. The van der Waals surface area contributed by atoms with E-state index in [9.17, 15) is 24.3 Å². The Hall–Kier alpha value is -3.20. The van der Waals surface area contributed by atoms with Gasteiger partial charge in [-0.2, -0.15) is 0 Å². The standard InChI is InChI=1S/C18H21N3O6/c1-3-9-21-15(19)13(16(24)20(2)18(21)26)12(22)10-27-17(25)14(23)11-7-5-4-6-8-11/h4-8,14,23H,3,9-10,19H2,1-2H3/t14-/m0/s1. The summed E-state index contributed by atoms with van der Waals surface area (Å²) in [6, 6.07) is 8.05. The highest BCUT2D eigenvalue weighted by molar-refractivity contribution is 6.01. The van der Waals surface area contributed by atoms with E-state index in [4.69, 9.17) is 10.5 Å². The molecule has 0 radical (unpaired) electrons. The van der Waals surface area contributed by atoms with Crippen LogP contribution in [0.2, 0.25) is 0 Å². The van der Waals surface area contributed by atoms with Crippen molar-refractivity contribution in [3.8, 4) is 0 Å². The van der Waals surface area contributed by atoms with E-state index in [1.54, 1.807) is 18.2 Å². The van der Waals surface area contributed by atoms with Gasteiger partial charge in [-0.15, -0.1) is 0 Å². The van der Waals surface area contributed by atoms with Crippen molar-refractivity contribution in [2.45, 2.75) is 26.0 Å². The number of aliphatic hydroxyl groups excluding tert-OH is 1. The minimum absolute atomic E-state index is 0.228. The van der Waals surface area contributed by atoms with Crippen molar-refractivity contribution in [3.63, 3.8) is 0 Å². The van der Waals surface area contributed by atoms with Gasteiger partial charge < -0.3 is 15.6 Å². The average molecular weight is 375 g/mol. The first-order valence-corrected chi connectivity index (χ1v) is 8.31. The first kappa shape index (κ1) is 20.1. The molecule has 2 rings (SSSR count). The van der Waals surface area contributed by atoms with Crippen LogP contribution in [0.3, 0.4) is 0 Å². The molecule has 1 aromatic carbocycles. The maximum absolute atomic E-state index is 12.4. The molecular formula is C18H21N3O6. The zero-order valence-corrected chi connectivity index (χ0v) is 15.0. The number of esters is 1. The topological polar surface area (TPSA) is 134 Å². The van der Waals surface area contributed by atoms with Crippen LogP contribution in [-0.4, -0.2) is 32.6 Å². The fraction of sp³-hybridized carbons (Fsp3) is 0.333. The molecule has 0 spiro atoms. The van der Waals surface area contributed by atoms with Crippen molar-refractivity contribution in [3.05, 3.63) is 62.3 Å². The molecule has 0 saturated carbocycles. The maximum Gasteiger partial charge on any atom is 0.340 e. The van der Waals surface area contributed by atoms with E-state index in [0.29, 0.717) is 12.0 Å². The first-order valence-electron chi connectivity index (χ1n) is 8.31. The summed E-state index contributed by atoms with van der Waals surface area (Å²) < 4.78 is 6.72. The number of Topliss-reactive ketones (excluding diaryl/α,β-unsaturated/α-hetero) is 1. The summed E-state index contributed by atoms with van der Waals surface area (Å²) in [4.78, 5) is 48.7. The number of aromatic nitrogens is 2. The Morgan fingerprint density at radius 2 is 1.85 bits per heavy atom. The number of carbonyl (C=O) groups is 2. The number of hydrogen-bond acceptors (Lipinski definition) is 7. The monoisotopic (exact) mass is 375 g/mol. The van der Waals surface area contributed by atoms with Gasteiger partial charge in [0.2, 0.25) is 5.78 Å². The van der Waals surface area contributed by atoms with E-state index < -0.39 is 41.3 Å². The molecule has 1 aromatic heterocycles. The van der Waals surface area contributed by atoms with Crippen molar-refractivity contribution in [2.75, 3.05) is 12.3 Å². The van der Waals surface area contributed by atoms with Crippen LogP contribution >= 0.6 is 0 Å². The summed E-state index contributed by atoms with van der Waals surface area (Å²) in [7, 11) is 1.23. The highest BCUT2D eigenvalue weighted by Gasteiger charge is 2.24. The van der Waals surface area contributed by atoms with Gasteiger partial charge in [0.1, 0.15) is 11.4 Å². The summed E-state index contributed by atoms with van der Waals surface area (Å²) in [5, 5.41) is 9.95. The van der Waals surface area contributed by atoms with Crippen molar-refractivity contribution < 1.29 is 19.4 Å². The van der Waals surface area contributed by atoms with E-state index in [1.165, 1.54) is 19.2 Å². The molecule has 9 nitrogen and oxygen atoms in total. The van der Waals surface area contributed by atoms with Crippen LogP contribution in [0.4, 0.5) is 5.82 Å². The number of hydrogen-bond donors (Lipinski definition) is 2. The zero-order chi connectivity index (χ0) is 20.1. The smallest absolute Gasteiger partial charge is 0.340 e. The van der Waals surface area contributed by atoms with Crippen LogP contribution < -0.4 is 17.0 Å². The zero-order valence-electron chi connectivity index (χ0n) is 15.0. The number of benzene rings is 1. The van der Waals surface area contributed by atoms with Crippen LogP contribution in [0.1, 0.15) is 35.4 Å². The van der Waals surface area contributed by atoms with Gasteiger partial charge in [-0.1, -0.05) is 37.3 Å². The summed E-state index contributed by atoms with van der Waals surface area (Å²) in [6.07, 6.45) is -0.998. The predicted molar refractivity (Wildman–Crippen MR) is 97.3 cm³/mol. The molecule has 1 heterocycles. The lowest BCUT2D eigenvalue weighted by molar-refractivity contribution is -0.152. The highest BCUT2D eigenvalue weighted by atomic mass is 16.5. The van der Waals surface area contributed by atoms with Gasteiger partial charge in [-0.05, 0) is 12.0 Å². The van der Waals surface area contributed by atoms with Crippen LogP contribution in [0, 0.1) is 0 Å². The lowest BCUT2D eigenvalue weighted by Crippen LogP contribution is -2.43. The van der Waals surface area contributed by atoms with E-state index in [-0.39, 0.29) is 12.4 Å². The van der Waals surface area contributed by atoms with Gasteiger partial charge in [0.05, 0.1) is 0 Å². The second-order valence-corrected chi connectivity index (χ2v) is 5.90. The third-order valence-corrected chi connectivity index (χ3v) is 3.99. The van der Waals surface area contributed by atoms with Crippen LogP contribution in [0.15, 0.2) is 39.9 Å². The molecule has 0 amide bonds. The van der Waals surface area contributed by atoms with E-state index in [0.717, 1.165) is 9.13 Å². The number of rotatable bonds is 7. The number of aliphatic hydroxyl groups is 1. The summed E-state index contributed by atoms with van der Waals surface area (Å²) in [5.41, 5.74) is 4.22. The normalized spacial score (nSPS) is 11.8. The van der Waals surface area contributed by atoms with Gasteiger partial charge >= 0.3 is 11.7 Å². The minimum Gasteiger partial charge on any atom is -0.455 e. The number of nitrogen functional groups attached to an aromatic ring is 1. The molecule has 144 valence electrons. The summed E-state index contributed by atoms with van der Waals surface area (Å²) in [6.45, 7) is 1.25. The molecule has 0 aliphatic carbocycles. The largest absolute Gasteiger partial charge is 0.455 e. The second kappa shape index (κ2) is 8.45. The first-order chi connectivity index (χ1) is 12.8. The van der Waals surface area contributed by atoms with E-state index in [2.05, 4.69) is 0 Å².